The van der Waals surface area contributed by atoms with Crippen molar-refractivity contribution in [2.75, 3.05) is 0 Å². The van der Waals surface area contributed by atoms with E-state index in [0.29, 0.717) is 23.0 Å². The van der Waals surface area contributed by atoms with Crippen molar-refractivity contribution >= 4 is 22.7 Å². The normalized spacial score (nSPS) is 11.8. The lowest BCUT2D eigenvalue weighted by molar-refractivity contribution is -0.121. The summed E-state index contributed by atoms with van der Waals surface area (Å²) < 4.78 is 1.20. The molecule has 0 aliphatic heterocycles. The Bertz CT molecular complexity index is 1110. The molecule has 8 heteroatoms. The van der Waals surface area contributed by atoms with Gasteiger partial charge in [0.2, 0.25) is 5.91 Å². The highest BCUT2D eigenvalue weighted by molar-refractivity contribution is 5.94. The number of carbonyl (C=O) groups excluding carboxylic acids is 2. The van der Waals surface area contributed by atoms with Gasteiger partial charge in [0.25, 0.3) is 11.5 Å². The van der Waals surface area contributed by atoms with Gasteiger partial charge in [-0.1, -0.05) is 36.4 Å². The number of rotatable bonds is 8. The van der Waals surface area contributed by atoms with Crippen LogP contribution in [0.15, 0.2) is 53.3 Å². The van der Waals surface area contributed by atoms with Gasteiger partial charge in [-0.15, -0.1) is 5.10 Å². The summed E-state index contributed by atoms with van der Waals surface area (Å²) in [5, 5.41) is 14.1. The Morgan fingerprint density at radius 2 is 1.93 bits per heavy atom. The maximum Gasteiger partial charge on any atom is 0.277 e. The lowest BCUT2D eigenvalue weighted by Gasteiger charge is -2.12. The number of aromatic nitrogens is 3. The number of nitrogens with one attached hydrogen (secondary N) is 2. The molecular formula is C22H25N5O3. The minimum absolute atomic E-state index is 0.0983. The first-order valence-corrected chi connectivity index (χ1v) is 9.97. The van der Waals surface area contributed by atoms with E-state index in [2.05, 4.69) is 20.9 Å². The van der Waals surface area contributed by atoms with Crippen LogP contribution < -0.4 is 16.2 Å². The first kappa shape index (κ1) is 21.2. The highest BCUT2D eigenvalue weighted by Gasteiger charge is 2.10. The number of carbonyl (C=O) groups is 2. The summed E-state index contributed by atoms with van der Waals surface area (Å²) in [6.07, 6.45) is 0.952. The van der Waals surface area contributed by atoms with Gasteiger partial charge < -0.3 is 10.6 Å². The summed E-state index contributed by atoms with van der Waals surface area (Å²) in [5.41, 5.74) is 1.64. The predicted molar refractivity (Wildman–Crippen MR) is 114 cm³/mol. The van der Waals surface area contributed by atoms with E-state index in [4.69, 9.17) is 0 Å². The third kappa shape index (κ3) is 5.28. The lowest BCUT2D eigenvalue weighted by Crippen LogP contribution is -2.32. The van der Waals surface area contributed by atoms with Gasteiger partial charge in [-0.25, -0.2) is 4.68 Å². The van der Waals surface area contributed by atoms with E-state index in [0.717, 1.165) is 12.0 Å². The average molecular weight is 407 g/mol. The minimum atomic E-state index is -0.270. The molecule has 2 N–H and O–H groups in total. The summed E-state index contributed by atoms with van der Waals surface area (Å²) in [5.74, 6) is -0.349. The number of fused-ring (bicyclic) bond motifs is 1. The van der Waals surface area contributed by atoms with Crippen LogP contribution >= 0.6 is 0 Å². The fourth-order valence-corrected chi connectivity index (χ4v) is 2.90. The Morgan fingerprint density at radius 1 is 1.13 bits per heavy atom. The first-order valence-electron chi connectivity index (χ1n) is 9.97. The van der Waals surface area contributed by atoms with Crippen LogP contribution in [0.25, 0.3) is 10.9 Å². The molecule has 8 nitrogen and oxygen atoms in total. The van der Waals surface area contributed by atoms with E-state index in [9.17, 15) is 14.4 Å². The molecule has 0 saturated carbocycles. The number of hydrogen-bond donors (Lipinski definition) is 2. The lowest BCUT2D eigenvalue weighted by atomic mass is 10.1. The van der Waals surface area contributed by atoms with E-state index >= 15 is 0 Å². The standard InChI is InChI=1S/C22H25N5O3/c1-3-15(2)24-21(29)17-8-6-7-16(13-17)14-23-20(28)11-12-27-22(30)18-9-4-5-10-19(18)25-26-27/h4-10,13,15H,3,11-12,14H2,1-2H3,(H,23,28)(H,24,29)/t15-/m0/s1. The third-order valence-corrected chi connectivity index (χ3v) is 4.85. The molecule has 0 spiro atoms. The van der Waals surface area contributed by atoms with Crippen LogP contribution in [0.5, 0.6) is 0 Å². The molecule has 2 amide bonds. The van der Waals surface area contributed by atoms with E-state index in [1.807, 2.05) is 19.9 Å². The van der Waals surface area contributed by atoms with Crippen molar-refractivity contribution in [1.82, 2.24) is 25.6 Å². The van der Waals surface area contributed by atoms with Gasteiger partial charge in [0.05, 0.1) is 11.9 Å². The summed E-state index contributed by atoms with van der Waals surface area (Å²) in [6.45, 7) is 4.39. The molecule has 2 aromatic carbocycles. The molecule has 3 rings (SSSR count). The Kier molecular flexibility index (Phi) is 6.90. The summed E-state index contributed by atoms with van der Waals surface area (Å²) in [6, 6.07) is 14.2. The molecule has 0 aliphatic carbocycles. The fourth-order valence-electron chi connectivity index (χ4n) is 2.90. The van der Waals surface area contributed by atoms with E-state index in [1.54, 1.807) is 42.5 Å². The van der Waals surface area contributed by atoms with Gasteiger partial charge in [0, 0.05) is 24.6 Å². The molecule has 1 aromatic heterocycles. The van der Waals surface area contributed by atoms with Crippen molar-refractivity contribution in [1.29, 1.82) is 0 Å². The number of hydrogen-bond acceptors (Lipinski definition) is 5. The van der Waals surface area contributed by atoms with E-state index < -0.39 is 0 Å². The monoisotopic (exact) mass is 407 g/mol. The quantitative estimate of drug-likeness (QED) is 0.594. The highest BCUT2D eigenvalue weighted by atomic mass is 16.2. The van der Waals surface area contributed by atoms with Crippen LogP contribution in [0, 0.1) is 0 Å². The Labute approximate surface area is 174 Å². The fraction of sp³-hybridized carbons (Fsp3) is 0.318. The van der Waals surface area contributed by atoms with E-state index in [-0.39, 0.29) is 36.4 Å². The van der Waals surface area contributed by atoms with Crippen LogP contribution in [0.2, 0.25) is 0 Å². The molecule has 156 valence electrons. The molecule has 0 saturated heterocycles. The molecule has 0 unspecified atom stereocenters. The maximum absolute atomic E-state index is 12.4. The predicted octanol–water partition coefficient (Wildman–Crippen LogP) is 2.03. The van der Waals surface area contributed by atoms with Crippen molar-refractivity contribution in [3.8, 4) is 0 Å². The maximum atomic E-state index is 12.4. The zero-order valence-corrected chi connectivity index (χ0v) is 17.1. The molecular weight excluding hydrogens is 382 g/mol. The second kappa shape index (κ2) is 9.78. The van der Waals surface area contributed by atoms with Crippen molar-refractivity contribution in [2.45, 2.75) is 45.8 Å². The smallest absolute Gasteiger partial charge is 0.277 e. The zero-order valence-electron chi connectivity index (χ0n) is 17.1. The summed E-state index contributed by atoms with van der Waals surface area (Å²) >= 11 is 0. The van der Waals surface area contributed by atoms with Gasteiger partial charge in [-0.05, 0) is 43.2 Å². The van der Waals surface area contributed by atoms with Crippen molar-refractivity contribution in [3.63, 3.8) is 0 Å². The van der Waals surface area contributed by atoms with Crippen LogP contribution in [0.1, 0.15) is 42.6 Å². The van der Waals surface area contributed by atoms with Crippen molar-refractivity contribution in [3.05, 3.63) is 70.0 Å². The topological polar surface area (TPSA) is 106 Å². The SMILES string of the molecule is CC[C@H](C)NC(=O)c1cccc(CNC(=O)CCn2nnc3ccccc3c2=O)c1. The molecule has 1 heterocycles. The van der Waals surface area contributed by atoms with Crippen LogP contribution in [0.3, 0.4) is 0 Å². The average Bonchev–Trinajstić information content (AvgIpc) is 2.77. The molecule has 0 aliphatic rings. The number of nitrogens with zero attached hydrogens (tertiary/aromatic N) is 3. The molecule has 0 fully saturated rings. The van der Waals surface area contributed by atoms with Crippen LogP contribution in [-0.4, -0.2) is 32.9 Å². The second-order valence-electron chi connectivity index (χ2n) is 7.14. The molecule has 1 atom stereocenters. The van der Waals surface area contributed by atoms with Gasteiger partial charge in [0.15, 0.2) is 0 Å². The minimum Gasteiger partial charge on any atom is -0.352 e. The van der Waals surface area contributed by atoms with Crippen molar-refractivity contribution < 1.29 is 9.59 Å². The molecule has 0 bridgehead atoms. The highest BCUT2D eigenvalue weighted by Crippen LogP contribution is 2.07. The Hall–Kier alpha value is -3.55. The molecule has 3 aromatic rings. The van der Waals surface area contributed by atoms with Crippen molar-refractivity contribution in [2.24, 2.45) is 0 Å². The first-order chi connectivity index (χ1) is 14.5. The van der Waals surface area contributed by atoms with E-state index in [1.165, 1.54) is 4.68 Å². The Balaban J connectivity index is 1.55. The summed E-state index contributed by atoms with van der Waals surface area (Å²) in [7, 11) is 0. The molecule has 30 heavy (non-hydrogen) atoms. The van der Waals surface area contributed by atoms with Crippen LogP contribution in [0.4, 0.5) is 0 Å². The largest absolute Gasteiger partial charge is 0.352 e. The number of amides is 2. The van der Waals surface area contributed by atoms with Gasteiger partial charge in [-0.3, -0.25) is 14.4 Å². The second-order valence-corrected chi connectivity index (χ2v) is 7.14. The number of benzene rings is 2. The molecule has 0 radical (unpaired) electrons. The van der Waals surface area contributed by atoms with Gasteiger partial charge >= 0.3 is 0 Å². The summed E-state index contributed by atoms with van der Waals surface area (Å²) in [4.78, 5) is 36.9. The van der Waals surface area contributed by atoms with Gasteiger partial charge in [0.1, 0.15) is 5.52 Å². The number of aryl methyl sites for hydroxylation is 1. The zero-order chi connectivity index (χ0) is 21.5. The van der Waals surface area contributed by atoms with Crippen LogP contribution in [-0.2, 0) is 17.9 Å². The Morgan fingerprint density at radius 3 is 2.73 bits per heavy atom. The van der Waals surface area contributed by atoms with Gasteiger partial charge in [-0.2, -0.15) is 0 Å². The third-order valence-electron chi connectivity index (χ3n) is 4.85.